The first-order valence-electron chi connectivity index (χ1n) is 5.77. The fraction of sp³-hybridized carbons (Fsp3) is 0.583. The molecule has 0 aromatic carbocycles. The number of aliphatic imine (C=N–C) groups is 1. The topological polar surface area (TPSA) is 15.6 Å². The lowest BCUT2D eigenvalue weighted by Gasteiger charge is -2.27. The Morgan fingerprint density at radius 1 is 1.07 bits per heavy atom. The molecule has 2 heterocycles. The van der Waals surface area contributed by atoms with Crippen LogP contribution in [0.2, 0.25) is 0 Å². The van der Waals surface area contributed by atoms with Crippen molar-refractivity contribution in [2.24, 2.45) is 4.99 Å². The van der Waals surface area contributed by atoms with E-state index in [-0.39, 0.29) is 0 Å². The van der Waals surface area contributed by atoms with Gasteiger partial charge in [0.25, 0.3) is 0 Å². The largest absolute Gasteiger partial charge is 0.365 e. The lowest BCUT2D eigenvalue weighted by atomic mass is 10.1. The van der Waals surface area contributed by atoms with Crippen LogP contribution in [-0.2, 0) is 0 Å². The molecule has 2 aliphatic rings. The van der Waals surface area contributed by atoms with Crippen LogP contribution < -0.4 is 0 Å². The van der Waals surface area contributed by atoms with Crippen LogP contribution in [0.15, 0.2) is 27.7 Å². The van der Waals surface area contributed by atoms with E-state index in [9.17, 15) is 0 Å². The van der Waals surface area contributed by atoms with E-state index < -0.39 is 0 Å². The second-order valence-corrected chi connectivity index (χ2v) is 4.89. The van der Waals surface area contributed by atoms with Gasteiger partial charge in [-0.25, -0.2) is 0 Å². The van der Waals surface area contributed by atoms with Crippen molar-refractivity contribution in [3.05, 3.63) is 22.7 Å². The van der Waals surface area contributed by atoms with Crippen LogP contribution in [0.3, 0.4) is 0 Å². The normalized spacial score (nSPS) is 22.9. The van der Waals surface area contributed by atoms with E-state index >= 15 is 0 Å². The van der Waals surface area contributed by atoms with Crippen molar-refractivity contribution in [1.82, 2.24) is 4.90 Å². The van der Waals surface area contributed by atoms with Crippen LogP contribution in [0.1, 0.15) is 32.1 Å². The Hall–Kier alpha value is -0.700. The van der Waals surface area contributed by atoms with Gasteiger partial charge in [-0.05, 0) is 24.3 Å². The van der Waals surface area contributed by atoms with Crippen LogP contribution in [-0.4, -0.2) is 24.2 Å². The van der Waals surface area contributed by atoms with Gasteiger partial charge in [-0.3, -0.25) is 4.99 Å². The van der Waals surface area contributed by atoms with Crippen LogP contribution in [0.5, 0.6) is 0 Å². The minimum atomic E-state index is 1.20. The molecule has 0 aliphatic carbocycles. The molecule has 0 aromatic rings. The first-order chi connectivity index (χ1) is 7.47. The highest BCUT2D eigenvalue weighted by Gasteiger charge is 2.11. The van der Waals surface area contributed by atoms with E-state index in [2.05, 4.69) is 15.3 Å². The fourth-order valence-corrected chi connectivity index (χ4v) is 2.70. The lowest BCUT2D eigenvalue weighted by Crippen LogP contribution is -2.25. The predicted molar refractivity (Wildman–Crippen MR) is 68.0 cm³/mol. The van der Waals surface area contributed by atoms with E-state index in [1.807, 2.05) is 18.5 Å². The van der Waals surface area contributed by atoms with Gasteiger partial charge in [-0.2, -0.15) is 0 Å². The summed E-state index contributed by atoms with van der Waals surface area (Å²) in [6.45, 7) is 2.39. The van der Waals surface area contributed by atoms with Crippen LogP contribution in [0, 0.1) is 0 Å². The highest BCUT2D eigenvalue weighted by Crippen LogP contribution is 2.25. The van der Waals surface area contributed by atoms with Crippen molar-refractivity contribution < 1.29 is 0 Å². The number of thioether (sulfide) groups is 1. The van der Waals surface area contributed by atoms with E-state index in [0.717, 1.165) is 0 Å². The van der Waals surface area contributed by atoms with Crippen LogP contribution in [0.25, 0.3) is 0 Å². The number of allylic oxidation sites excluding steroid dienone is 1. The van der Waals surface area contributed by atoms with Gasteiger partial charge in [0.05, 0.1) is 11.2 Å². The smallest absolute Gasteiger partial charge is 0.0936 e. The highest BCUT2D eigenvalue weighted by atomic mass is 32.2. The first kappa shape index (κ1) is 10.8. The minimum Gasteiger partial charge on any atom is -0.365 e. The van der Waals surface area contributed by atoms with Crippen molar-refractivity contribution in [2.75, 3.05) is 13.1 Å². The molecule has 1 fully saturated rings. The maximum atomic E-state index is 4.25. The molecule has 0 bridgehead atoms. The molecule has 0 saturated carbocycles. The molecule has 0 unspecified atom stereocenters. The molecule has 0 spiro atoms. The molecular formula is C12H18N2S. The number of likely N-dealkylation sites (tertiary alicyclic amines) is 1. The standard InChI is InChI=1S/C12H18N2S/c1-2-4-8-14(9-5-3-1)12-11-13-7-6-10-15-12/h6-7,10-11H,1-5,8-9H2. The number of hydrogen-bond acceptors (Lipinski definition) is 3. The van der Waals surface area contributed by atoms with Gasteiger partial charge in [-0.1, -0.05) is 31.0 Å². The third-order valence-corrected chi connectivity index (χ3v) is 3.69. The predicted octanol–water partition coefficient (Wildman–Crippen LogP) is 3.38. The summed E-state index contributed by atoms with van der Waals surface area (Å²) < 4.78 is 0. The summed E-state index contributed by atoms with van der Waals surface area (Å²) in [5.74, 6) is 0. The summed E-state index contributed by atoms with van der Waals surface area (Å²) in [6, 6.07) is 0. The average molecular weight is 222 g/mol. The SMILES string of the molecule is C1=CSC(N2CCCCCCC2)=CN=C1. The average Bonchev–Trinajstić information content (AvgIpc) is 2.45. The Balaban J connectivity index is 1.97. The first-order valence-corrected chi connectivity index (χ1v) is 6.65. The Labute approximate surface area is 96.1 Å². The molecule has 0 atom stereocenters. The summed E-state index contributed by atoms with van der Waals surface area (Å²) in [4.78, 5) is 6.73. The third-order valence-electron chi connectivity index (χ3n) is 2.79. The summed E-state index contributed by atoms with van der Waals surface area (Å²) in [5.41, 5.74) is 0. The number of hydrogen-bond donors (Lipinski definition) is 0. The summed E-state index contributed by atoms with van der Waals surface area (Å²) in [5, 5.41) is 3.42. The zero-order valence-corrected chi connectivity index (χ0v) is 9.88. The van der Waals surface area contributed by atoms with Gasteiger partial charge in [0.1, 0.15) is 0 Å². The highest BCUT2D eigenvalue weighted by molar-refractivity contribution is 8.05. The molecule has 82 valence electrons. The van der Waals surface area contributed by atoms with Crippen LogP contribution in [0.4, 0.5) is 0 Å². The molecule has 3 heteroatoms. The second kappa shape index (κ2) is 6.01. The Kier molecular flexibility index (Phi) is 4.33. The lowest BCUT2D eigenvalue weighted by molar-refractivity contribution is 0.323. The van der Waals surface area contributed by atoms with Crippen molar-refractivity contribution >= 4 is 18.0 Å². The van der Waals surface area contributed by atoms with E-state index in [1.165, 1.54) is 50.2 Å². The van der Waals surface area contributed by atoms with E-state index in [1.54, 1.807) is 11.8 Å². The molecule has 0 radical (unpaired) electrons. The molecule has 2 nitrogen and oxygen atoms in total. The van der Waals surface area contributed by atoms with E-state index in [0.29, 0.717) is 0 Å². The van der Waals surface area contributed by atoms with Gasteiger partial charge >= 0.3 is 0 Å². The maximum absolute atomic E-state index is 4.25. The number of nitrogens with zero attached hydrogens (tertiary/aromatic N) is 2. The minimum absolute atomic E-state index is 1.20. The molecule has 2 rings (SSSR count). The van der Waals surface area contributed by atoms with Crippen molar-refractivity contribution in [1.29, 1.82) is 0 Å². The zero-order chi connectivity index (χ0) is 10.3. The van der Waals surface area contributed by atoms with E-state index in [4.69, 9.17) is 0 Å². The van der Waals surface area contributed by atoms with Gasteiger partial charge in [0.2, 0.25) is 0 Å². The molecule has 0 aromatic heterocycles. The maximum Gasteiger partial charge on any atom is 0.0936 e. The van der Waals surface area contributed by atoms with Crippen molar-refractivity contribution in [2.45, 2.75) is 32.1 Å². The summed E-state index contributed by atoms with van der Waals surface area (Å²) in [6.07, 6.45) is 12.7. The molecule has 15 heavy (non-hydrogen) atoms. The van der Waals surface area contributed by atoms with Crippen LogP contribution >= 0.6 is 11.8 Å². The monoisotopic (exact) mass is 222 g/mol. The Morgan fingerprint density at radius 3 is 2.60 bits per heavy atom. The Bertz CT molecular complexity index is 273. The third kappa shape index (κ3) is 3.42. The van der Waals surface area contributed by atoms with Gasteiger partial charge < -0.3 is 4.90 Å². The van der Waals surface area contributed by atoms with Crippen molar-refractivity contribution in [3.8, 4) is 0 Å². The summed E-state index contributed by atoms with van der Waals surface area (Å²) >= 11 is 1.79. The quantitative estimate of drug-likeness (QED) is 0.676. The summed E-state index contributed by atoms with van der Waals surface area (Å²) in [7, 11) is 0. The molecule has 0 amide bonds. The van der Waals surface area contributed by atoms with Gasteiger partial charge in [0.15, 0.2) is 0 Å². The molecular weight excluding hydrogens is 204 g/mol. The fourth-order valence-electron chi connectivity index (χ4n) is 1.96. The second-order valence-electron chi connectivity index (χ2n) is 3.97. The van der Waals surface area contributed by atoms with Crippen molar-refractivity contribution in [3.63, 3.8) is 0 Å². The van der Waals surface area contributed by atoms with Gasteiger partial charge in [0, 0.05) is 19.3 Å². The molecule has 2 aliphatic heterocycles. The van der Waals surface area contributed by atoms with Gasteiger partial charge in [-0.15, -0.1) is 0 Å². The number of rotatable bonds is 1. The Morgan fingerprint density at radius 2 is 1.80 bits per heavy atom. The molecule has 1 saturated heterocycles. The zero-order valence-electron chi connectivity index (χ0n) is 9.06. The molecule has 0 N–H and O–H groups in total.